The molecule has 0 saturated heterocycles. The quantitative estimate of drug-likeness (QED) is 0.501. The van der Waals surface area contributed by atoms with Crippen molar-refractivity contribution in [3.05, 3.63) is 59.7 Å². The number of benzene rings is 2. The number of alkyl halides is 2. The lowest BCUT2D eigenvalue weighted by molar-refractivity contribution is -0.127. The van der Waals surface area contributed by atoms with Crippen LogP contribution >= 0.6 is 11.8 Å². The first kappa shape index (κ1) is 21.8. The van der Waals surface area contributed by atoms with E-state index in [0.717, 1.165) is 17.0 Å². The molecule has 9 heteroatoms. The molecule has 0 aliphatic heterocycles. The molecule has 3 rings (SSSR count). The molecule has 0 unspecified atom stereocenters. The first-order chi connectivity index (χ1) is 14.3. The zero-order valence-electron chi connectivity index (χ0n) is 16.9. The molecule has 0 atom stereocenters. The highest BCUT2D eigenvalue weighted by atomic mass is 32.2. The molecule has 0 aliphatic carbocycles. The number of nitrogens with zero attached hydrogens (tertiary/aromatic N) is 4. The van der Waals surface area contributed by atoms with Gasteiger partial charge in [0.1, 0.15) is 5.75 Å². The number of hydrogen-bond acceptors (Lipinski definition) is 5. The van der Waals surface area contributed by atoms with Crippen molar-refractivity contribution in [2.24, 2.45) is 7.05 Å². The summed E-state index contributed by atoms with van der Waals surface area (Å²) in [7, 11) is 3.57. The minimum atomic E-state index is -2.86. The molecule has 0 spiro atoms. The third kappa shape index (κ3) is 5.56. The normalized spacial score (nSPS) is 11.0. The predicted molar refractivity (Wildman–Crippen MR) is 111 cm³/mol. The summed E-state index contributed by atoms with van der Waals surface area (Å²) >= 11 is 1.32. The lowest BCUT2D eigenvalue weighted by atomic mass is 10.1. The fourth-order valence-corrected chi connectivity index (χ4v) is 3.62. The number of carbonyl (C=O) groups is 1. The average molecular weight is 432 g/mol. The van der Waals surface area contributed by atoms with Crippen LogP contribution in [0.25, 0.3) is 11.4 Å². The Morgan fingerprint density at radius 3 is 2.43 bits per heavy atom. The first-order valence-electron chi connectivity index (χ1n) is 9.20. The van der Waals surface area contributed by atoms with Gasteiger partial charge in [-0.05, 0) is 24.6 Å². The summed E-state index contributed by atoms with van der Waals surface area (Å²) in [4.78, 5) is 14.1. The van der Waals surface area contributed by atoms with Crippen molar-refractivity contribution in [1.82, 2.24) is 19.7 Å². The van der Waals surface area contributed by atoms with Gasteiger partial charge in [0.25, 0.3) is 0 Å². The van der Waals surface area contributed by atoms with E-state index in [1.165, 1.54) is 29.5 Å². The highest BCUT2D eigenvalue weighted by Gasteiger charge is 2.15. The second-order valence-corrected chi connectivity index (χ2v) is 7.73. The molecule has 0 aliphatic rings. The number of rotatable bonds is 8. The van der Waals surface area contributed by atoms with Crippen LogP contribution in [0.3, 0.4) is 0 Å². The van der Waals surface area contributed by atoms with Crippen LogP contribution in [0.15, 0.2) is 53.7 Å². The van der Waals surface area contributed by atoms with Crippen LogP contribution in [0, 0.1) is 6.92 Å². The monoisotopic (exact) mass is 432 g/mol. The Labute approximate surface area is 177 Å². The number of carbonyl (C=O) groups excluding carboxylic acids is 1. The van der Waals surface area contributed by atoms with Gasteiger partial charge in [-0.3, -0.25) is 4.79 Å². The van der Waals surface area contributed by atoms with Crippen molar-refractivity contribution in [1.29, 1.82) is 0 Å². The first-order valence-corrected chi connectivity index (χ1v) is 10.2. The Balaban J connectivity index is 1.55. The Kier molecular flexibility index (Phi) is 7.04. The molecule has 3 aromatic rings. The summed E-state index contributed by atoms with van der Waals surface area (Å²) < 4.78 is 30.6. The zero-order valence-corrected chi connectivity index (χ0v) is 17.7. The van der Waals surface area contributed by atoms with Crippen molar-refractivity contribution in [3.63, 3.8) is 0 Å². The molecule has 0 fully saturated rings. The lowest BCUT2D eigenvalue weighted by Gasteiger charge is -2.17. The van der Waals surface area contributed by atoms with Gasteiger partial charge >= 0.3 is 6.61 Å². The van der Waals surface area contributed by atoms with Crippen LogP contribution in [0.2, 0.25) is 0 Å². The maximum Gasteiger partial charge on any atom is 0.387 e. The predicted octanol–water partition coefficient (Wildman–Crippen LogP) is 4.14. The van der Waals surface area contributed by atoms with Crippen molar-refractivity contribution in [3.8, 4) is 17.1 Å². The smallest absolute Gasteiger partial charge is 0.387 e. The number of aromatic nitrogens is 3. The van der Waals surface area contributed by atoms with E-state index in [-0.39, 0.29) is 17.4 Å². The van der Waals surface area contributed by atoms with Crippen molar-refractivity contribution in [2.75, 3.05) is 12.8 Å². The molecule has 0 N–H and O–H groups in total. The summed E-state index contributed by atoms with van der Waals surface area (Å²) in [6.45, 7) is -0.471. The molecule has 1 aromatic heterocycles. The van der Waals surface area contributed by atoms with Crippen LogP contribution < -0.4 is 4.74 Å². The van der Waals surface area contributed by atoms with E-state index >= 15 is 0 Å². The maximum atomic E-state index is 12.5. The maximum absolute atomic E-state index is 12.5. The van der Waals surface area contributed by atoms with E-state index in [4.69, 9.17) is 0 Å². The van der Waals surface area contributed by atoms with Gasteiger partial charge in [0.2, 0.25) is 5.91 Å². The molecule has 0 bridgehead atoms. The summed E-state index contributed by atoms with van der Waals surface area (Å²) in [6, 6.07) is 14.2. The van der Waals surface area contributed by atoms with Gasteiger partial charge in [0, 0.05) is 26.2 Å². The molecule has 1 amide bonds. The van der Waals surface area contributed by atoms with E-state index in [9.17, 15) is 13.6 Å². The minimum Gasteiger partial charge on any atom is -0.435 e. The Bertz CT molecular complexity index is 991. The third-order valence-electron chi connectivity index (χ3n) is 4.46. The summed E-state index contributed by atoms with van der Waals surface area (Å²) in [5, 5.41) is 9.08. The topological polar surface area (TPSA) is 60.3 Å². The van der Waals surface area contributed by atoms with Crippen LogP contribution in [0.1, 0.15) is 11.1 Å². The van der Waals surface area contributed by atoms with E-state index in [1.807, 2.05) is 42.8 Å². The second kappa shape index (κ2) is 9.71. The highest BCUT2D eigenvalue weighted by molar-refractivity contribution is 7.99. The van der Waals surface area contributed by atoms with Gasteiger partial charge in [-0.2, -0.15) is 8.78 Å². The summed E-state index contributed by atoms with van der Waals surface area (Å²) in [6.07, 6.45) is 0. The van der Waals surface area contributed by atoms with E-state index in [1.54, 1.807) is 24.1 Å². The third-order valence-corrected chi connectivity index (χ3v) is 5.47. The Hall–Kier alpha value is -2.94. The van der Waals surface area contributed by atoms with Crippen LogP contribution in [0.5, 0.6) is 5.75 Å². The van der Waals surface area contributed by atoms with Crippen LogP contribution in [-0.2, 0) is 18.4 Å². The van der Waals surface area contributed by atoms with Crippen molar-refractivity contribution >= 4 is 17.7 Å². The van der Waals surface area contributed by atoms with Gasteiger partial charge in [-0.1, -0.05) is 53.7 Å². The Morgan fingerprint density at radius 2 is 1.80 bits per heavy atom. The van der Waals surface area contributed by atoms with Gasteiger partial charge in [-0.15, -0.1) is 10.2 Å². The largest absolute Gasteiger partial charge is 0.435 e. The van der Waals surface area contributed by atoms with E-state index < -0.39 is 6.61 Å². The van der Waals surface area contributed by atoms with Gasteiger partial charge < -0.3 is 14.2 Å². The number of thioether (sulfide) groups is 1. The van der Waals surface area contributed by atoms with Gasteiger partial charge in [-0.25, -0.2) is 0 Å². The molecule has 1 heterocycles. The van der Waals surface area contributed by atoms with E-state index in [0.29, 0.717) is 11.7 Å². The summed E-state index contributed by atoms with van der Waals surface area (Å²) in [5.74, 6) is 0.963. The van der Waals surface area contributed by atoms with Gasteiger partial charge in [0.15, 0.2) is 11.0 Å². The second-order valence-electron chi connectivity index (χ2n) is 6.79. The van der Waals surface area contributed by atoms with Crippen LogP contribution in [-0.4, -0.2) is 45.0 Å². The molecular formula is C21H22F2N4O2S. The SMILES string of the molecule is Cc1ccc(-c2nnc(SCC(=O)N(C)Cc3ccc(OC(F)F)cc3)n2C)cc1. The number of hydrogen-bond donors (Lipinski definition) is 0. The number of ether oxygens (including phenoxy) is 1. The molecule has 2 aromatic carbocycles. The molecule has 30 heavy (non-hydrogen) atoms. The highest BCUT2D eigenvalue weighted by Crippen LogP contribution is 2.23. The molecular weight excluding hydrogens is 410 g/mol. The standard InChI is InChI=1S/C21H22F2N4O2S/c1-14-4-8-16(9-5-14)19-24-25-21(27(19)3)30-13-18(28)26(2)12-15-6-10-17(11-7-15)29-20(22)23/h4-11,20H,12-13H2,1-3H3. The molecule has 0 saturated carbocycles. The summed E-state index contributed by atoms with van der Waals surface area (Å²) in [5.41, 5.74) is 2.95. The average Bonchev–Trinajstić information content (AvgIpc) is 3.08. The number of amides is 1. The number of aryl methyl sites for hydroxylation is 1. The fourth-order valence-electron chi connectivity index (χ4n) is 2.77. The fraction of sp³-hybridized carbons (Fsp3) is 0.286. The Morgan fingerprint density at radius 1 is 1.13 bits per heavy atom. The van der Waals surface area contributed by atoms with Crippen molar-refractivity contribution in [2.45, 2.75) is 25.2 Å². The van der Waals surface area contributed by atoms with E-state index in [2.05, 4.69) is 14.9 Å². The molecule has 0 radical (unpaired) electrons. The molecule has 158 valence electrons. The minimum absolute atomic E-state index is 0.0761. The lowest BCUT2D eigenvalue weighted by Crippen LogP contribution is -2.27. The van der Waals surface area contributed by atoms with Crippen molar-refractivity contribution < 1.29 is 18.3 Å². The molecule has 6 nitrogen and oxygen atoms in total. The number of halogens is 2. The zero-order chi connectivity index (χ0) is 21.7. The van der Waals surface area contributed by atoms with Crippen LogP contribution in [0.4, 0.5) is 8.78 Å². The van der Waals surface area contributed by atoms with Gasteiger partial charge in [0.05, 0.1) is 5.75 Å².